The number of ether oxygens (including phenoxy) is 1. The third-order valence-corrected chi connectivity index (χ3v) is 4.66. The number of rotatable bonds is 8. The standard InChI is InChI=1S/C22H19F3N2O5S/c1-13(28)27-18-6-4-3-5-17(18)26-12-14-7-9-15(10-8-14)31-19-11-16(23)22(21(25)20(19)24)32-33(2,29)30/h3-11,26H,12H2,1-2H3,(H,27,28). The molecule has 3 aromatic rings. The van der Waals surface area contributed by atoms with Gasteiger partial charge in [0, 0.05) is 19.5 Å². The van der Waals surface area contributed by atoms with E-state index >= 15 is 0 Å². The fraction of sp³-hybridized carbons (Fsp3) is 0.136. The van der Waals surface area contributed by atoms with Crippen LogP contribution >= 0.6 is 0 Å². The second-order valence-electron chi connectivity index (χ2n) is 6.93. The molecular formula is C22H19F3N2O5S. The number of carbonyl (C=O) groups excluding carboxylic acids is 1. The van der Waals surface area contributed by atoms with Gasteiger partial charge in [0.25, 0.3) is 0 Å². The first-order chi connectivity index (χ1) is 15.5. The average Bonchev–Trinajstić information content (AvgIpc) is 2.74. The highest BCUT2D eigenvalue weighted by Gasteiger charge is 2.24. The van der Waals surface area contributed by atoms with Gasteiger partial charge in [-0.25, -0.2) is 4.39 Å². The third kappa shape index (κ3) is 6.39. The number of anilines is 2. The van der Waals surface area contributed by atoms with Gasteiger partial charge in [0.05, 0.1) is 17.6 Å². The van der Waals surface area contributed by atoms with E-state index in [0.29, 0.717) is 30.2 Å². The van der Waals surface area contributed by atoms with Crippen molar-refractivity contribution in [3.63, 3.8) is 0 Å². The fourth-order valence-electron chi connectivity index (χ4n) is 2.79. The molecule has 0 atom stereocenters. The molecule has 0 radical (unpaired) electrons. The van der Waals surface area contributed by atoms with Gasteiger partial charge in [-0.15, -0.1) is 0 Å². The molecule has 3 rings (SSSR count). The highest BCUT2D eigenvalue weighted by Crippen LogP contribution is 2.34. The minimum Gasteiger partial charge on any atom is -0.454 e. The van der Waals surface area contributed by atoms with Crippen LogP contribution in [0, 0.1) is 17.5 Å². The summed E-state index contributed by atoms with van der Waals surface area (Å²) in [5, 5.41) is 5.89. The topological polar surface area (TPSA) is 93.7 Å². The lowest BCUT2D eigenvalue weighted by Gasteiger charge is -2.13. The van der Waals surface area contributed by atoms with Gasteiger partial charge in [0.15, 0.2) is 11.6 Å². The molecule has 0 aliphatic heterocycles. The second-order valence-corrected chi connectivity index (χ2v) is 8.50. The maximum Gasteiger partial charge on any atom is 0.306 e. The van der Waals surface area contributed by atoms with Gasteiger partial charge in [-0.2, -0.15) is 17.2 Å². The second kappa shape index (κ2) is 9.82. The number of halogens is 3. The van der Waals surface area contributed by atoms with E-state index in [0.717, 1.165) is 5.56 Å². The van der Waals surface area contributed by atoms with E-state index < -0.39 is 39.1 Å². The van der Waals surface area contributed by atoms with Gasteiger partial charge in [-0.05, 0) is 29.8 Å². The molecule has 0 aromatic heterocycles. The van der Waals surface area contributed by atoms with E-state index in [1.54, 1.807) is 30.3 Å². The van der Waals surface area contributed by atoms with Crippen LogP contribution in [0.25, 0.3) is 0 Å². The van der Waals surface area contributed by atoms with E-state index in [2.05, 4.69) is 14.8 Å². The number of benzene rings is 3. The number of hydrogen-bond donors (Lipinski definition) is 2. The van der Waals surface area contributed by atoms with Crippen molar-refractivity contribution in [2.24, 2.45) is 0 Å². The molecule has 3 aromatic carbocycles. The Kier molecular flexibility index (Phi) is 7.12. The summed E-state index contributed by atoms with van der Waals surface area (Å²) >= 11 is 0. The maximum atomic E-state index is 14.2. The minimum atomic E-state index is -4.26. The summed E-state index contributed by atoms with van der Waals surface area (Å²) in [6.45, 7) is 1.79. The predicted octanol–water partition coefficient (Wildman–Crippen LogP) is 4.81. The number of amides is 1. The molecule has 0 heterocycles. The van der Waals surface area contributed by atoms with Gasteiger partial charge in [-0.3, -0.25) is 4.79 Å². The predicted molar refractivity (Wildman–Crippen MR) is 116 cm³/mol. The van der Waals surface area contributed by atoms with Crippen LogP contribution < -0.4 is 19.6 Å². The van der Waals surface area contributed by atoms with Crippen LogP contribution in [0.5, 0.6) is 17.2 Å². The molecule has 0 aliphatic carbocycles. The average molecular weight is 480 g/mol. The first kappa shape index (κ1) is 23.9. The van der Waals surface area contributed by atoms with Gasteiger partial charge in [-0.1, -0.05) is 24.3 Å². The molecule has 0 spiro atoms. The molecule has 0 fully saturated rings. The molecule has 0 saturated heterocycles. The summed E-state index contributed by atoms with van der Waals surface area (Å²) in [7, 11) is -4.26. The number of para-hydroxylation sites is 2. The first-order valence-corrected chi connectivity index (χ1v) is 11.3. The molecule has 0 unspecified atom stereocenters. The van der Waals surface area contributed by atoms with Crippen molar-refractivity contribution in [2.75, 3.05) is 16.9 Å². The molecule has 174 valence electrons. The Hall–Kier alpha value is -3.73. The zero-order chi connectivity index (χ0) is 24.2. The minimum absolute atomic E-state index is 0.0897. The van der Waals surface area contributed by atoms with E-state index in [-0.39, 0.29) is 11.7 Å². The quantitative estimate of drug-likeness (QED) is 0.355. The summed E-state index contributed by atoms with van der Waals surface area (Å²) in [6.07, 6.45) is 0.572. The molecule has 7 nitrogen and oxygen atoms in total. The van der Waals surface area contributed by atoms with Gasteiger partial charge in [0.1, 0.15) is 5.75 Å². The van der Waals surface area contributed by atoms with Crippen molar-refractivity contribution in [3.8, 4) is 17.2 Å². The summed E-state index contributed by atoms with van der Waals surface area (Å²) < 4.78 is 73.9. The van der Waals surface area contributed by atoms with Crippen molar-refractivity contribution in [2.45, 2.75) is 13.5 Å². The summed E-state index contributed by atoms with van der Waals surface area (Å²) in [6, 6.07) is 13.9. The monoisotopic (exact) mass is 480 g/mol. The summed E-state index contributed by atoms with van der Waals surface area (Å²) in [4.78, 5) is 11.3. The van der Waals surface area contributed by atoms with Crippen LogP contribution in [0.15, 0.2) is 54.6 Å². The van der Waals surface area contributed by atoms with Crippen LogP contribution in [0.3, 0.4) is 0 Å². The van der Waals surface area contributed by atoms with E-state index in [4.69, 9.17) is 4.74 Å². The lowest BCUT2D eigenvalue weighted by atomic mass is 10.2. The lowest BCUT2D eigenvalue weighted by molar-refractivity contribution is -0.114. The van der Waals surface area contributed by atoms with Gasteiger partial charge >= 0.3 is 10.1 Å². The van der Waals surface area contributed by atoms with Gasteiger partial charge in [0.2, 0.25) is 23.3 Å². The Labute approximate surface area is 188 Å². The highest BCUT2D eigenvalue weighted by molar-refractivity contribution is 7.86. The van der Waals surface area contributed by atoms with Crippen LogP contribution in [0.2, 0.25) is 0 Å². The molecule has 11 heteroatoms. The molecule has 2 N–H and O–H groups in total. The van der Waals surface area contributed by atoms with Crippen LogP contribution in [0.1, 0.15) is 12.5 Å². The summed E-state index contributed by atoms with van der Waals surface area (Å²) in [5.74, 6) is -7.13. The Morgan fingerprint density at radius 2 is 1.61 bits per heavy atom. The third-order valence-electron chi connectivity index (χ3n) is 4.19. The molecule has 0 bridgehead atoms. The van der Waals surface area contributed by atoms with Crippen LogP contribution in [-0.4, -0.2) is 20.6 Å². The van der Waals surface area contributed by atoms with Crippen LogP contribution in [-0.2, 0) is 21.5 Å². The fourth-order valence-corrected chi connectivity index (χ4v) is 3.25. The maximum absolute atomic E-state index is 14.2. The van der Waals surface area contributed by atoms with Crippen molar-refractivity contribution >= 4 is 27.4 Å². The smallest absolute Gasteiger partial charge is 0.306 e. The van der Waals surface area contributed by atoms with Crippen molar-refractivity contribution < 1.29 is 35.3 Å². The highest BCUT2D eigenvalue weighted by atomic mass is 32.2. The van der Waals surface area contributed by atoms with E-state index in [9.17, 15) is 26.4 Å². The van der Waals surface area contributed by atoms with Crippen molar-refractivity contribution in [1.82, 2.24) is 0 Å². The largest absolute Gasteiger partial charge is 0.454 e. The Morgan fingerprint density at radius 1 is 0.970 bits per heavy atom. The lowest BCUT2D eigenvalue weighted by Crippen LogP contribution is -2.10. The zero-order valence-electron chi connectivity index (χ0n) is 17.5. The van der Waals surface area contributed by atoms with Crippen molar-refractivity contribution in [3.05, 3.63) is 77.6 Å². The SMILES string of the molecule is CC(=O)Nc1ccccc1NCc1ccc(Oc2cc(F)c(OS(C)(=O)=O)c(F)c2F)cc1. The Balaban J connectivity index is 1.71. The molecule has 33 heavy (non-hydrogen) atoms. The normalized spacial score (nSPS) is 11.1. The van der Waals surface area contributed by atoms with Crippen molar-refractivity contribution in [1.29, 1.82) is 0 Å². The zero-order valence-corrected chi connectivity index (χ0v) is 18.3. The van der Waals surface area contributed by atoms with E-state index in [1.807, 2.05) is 6.07 Å². The molecule has 0 saturated carbocycles. The Bertz CT molecular complexity index is 1280. The number of nitrogens with one attached hydrogen (secondary N) is 2. The summed E-state index contributed by atoms with van der Waals surface area (Å²) in [5.41, 5.74) is 2.12. The molecule has 1 amide bonds. The van der Waals surface area contributed by atoms with E-state index in [1.165, 1.54) is 19.1 Å². The first-order valence-electron chi connectivity index (χ1n) is 9.47. The molecular weight excluding hydrogens is 461 g/mol. The number of hydrogen-bond acceptors (Lipinski definition) is 6. The Morgan fingerprint density at radius 3 is 2.21 bits per heavy atom. The molecule has 0 aliphatic rings. The number of carbonyl (C=O) groups is 1. The van der Waals surface area contributed by atoms with Gasteiger partial charge < -0.3 is 19.6 Å². The van der Waals surface area contributed by atoms with Crippen LogP contribution in [0.4, 0.5) is 24.5 Å².